The molecule has 0 N–H and O–H groups in total. The lowest BCUT2D eigenvalue weighted by Crippen LogP contribution is -2.18. The van der Waals surface area contributed by atoms with Gasteiger partial charge in [0.2, 0.25) is 0 Å². The maximum Gasteiger partial charge on any atom is 0.135 e. The Bertz CT molecular complexity index is 3020. The molecule has 0 atom stereocenters. The van der Waals surface area contributed by atoms with Crippen molar-refractivity contribution in [2.75, 3.05) is 4.90 Å². The van der Waals surface area contributed by atoms with E-state index in [0.29, 0.717) is 0 Å². The molecule has 0 saturated heterocycles. The topological polar surface area (TPSA) is 16.4 Å². The van der Waals surface area contributed by atoms with Crippen LogP contribution in [0.25, 0.3) is 66.4 Å². The van der Waals surface area contributed by atoms with Crippen LogP contribution in [0.2, 0.25) is 0 Å². The molecule has 0 spiro atoms. The molecular formula is C54H41NO. The number of hydrogen-bond acceptors (Lipinski definition) is 2. The van der Waals surface area contributed by atoms with Crippen LogP contribution in [0.3, 0.4) is 0 Å². The van der Waals surface area contributed by atoms with E-state index in [4.69, 9.17) is 4.42 Å². The van der Waals surface area contributed by atoms with Crippen molar-refractivity contribution in [2.45, 2.75) is 38.5 Å². The zero-order valence-electron chi connectivity index (χ0n) is 32.1. The van der Waals surface area contributed by atoms with E-state index < -0.39 is 0 Å². The quantitative estimate of drug-likeness (QED) is 0.176. The number of benzene rings is 8. The second kappa shape index (κ2) is 11.9. The fraction of sp³-hybridized carbons (Fsp3) is 0.111. The summed E-state index contributed by atoms with van der Waals surface area (Å²) in [4.78, 5) is 2.50. The summed E-state index contributed by atoms with van der Waals surface area (Å²) in [6, 6.07) is 64.8. The maximum atomic E-state index is 6.17. The van der Waals surface area contributed by atoms with Crippen LogP contribution < -0.4 is 4.90 Å². The molecule has 2 heteroatoms. The fourth-order valence-electron chi connectivity index (χ4n) is 9.74. The third-order valence-corrected chi connectivity index (χ3v) is 12.7. The molecule has 9 aromatic rings. The Morgan fingerprint density at radius 3 is 1.68 bits per heavy atom. The van der Waals surface area contributed by atoms with Crippen molar-refractivity contribution in [1.82, 2.24) is 0 Å². The normalized spacial score (nSPS) is 14.4. The maximum absolute atomic E-state index is 6.17. The molecule has 0 radical (unpaired) electrons. The van der Waals surface area contributed by atoms with Crippen molar-refractivity contribution < 1.29 is 4.42 Å². The first-order valence-electron chi connectivity index (χ1n) is 19.7. The van der Waals surface area contributed by atoms with E-state index in [1.807, 2.05) is 12.1 Å². The molecule has 2 nitrogen and oxygen atoms in total. The predicted octanol–water partition coefficient (Wildman–Crippen LogP) is 15.0. The number of para-hydroxylation sites is 1. The van der Waals surface area contributed by atoms with Gasteiger partial charge in [-0.1, -0.05) is 149 Å². The molecule has 2 aliphatic rings. The highest BCUT2D eigenvalue weighted by Crippen LogP contribution is 2.55. The number of nitrogens with zero attached hydrogens (tertiary/aromatic N) is 1. The van der Waals surface area contributed by atoms with Gasteiger partial charge in [-0.05, 0) is 116 Å². The first-order chi connectivity index (χ1) is 27.3. The monoisotopic (exact) mass is 719 g/mol. The molecule has 0 bridgehead atoms. The molecule has 0 saturated carbocycles. The van der Waals surface area contributed by atoms with Crippen molar-refractivity contribution in [3.8, 4) is 44.5 Å². The third kappa shape index (κ3) is 4.75. The zero-order valence-corrected chi connectivity index (χ0v) is 32.1. The molecule has 1 heterocycles. The van der Waals surface area contributed by atoms with Crippen molar-refractivity contribution in [3.63, 3.8) is 0 Å². The summed E-state index contributed by atoms with van der Waals surface area (Å²) in [5.74, 6) is 0. The molecule has 0 fully saturated rings. The average Bonchev–Trinajstić information content (AvgIpc) is 3.80. The van der Waals surface area contributed by atoms with Gasteiger partial charge in [0.05, 0.1) is 5.69 Å². The third-order valence-electron chi connectivity index (χ3n) is 12.7. The van der Waals surface area contributed by atoms with Gasteiger partial charge in [0.1, 0.15) is 11.2 Å². The van der Waals surface area contributed by atoms with E-state index in [-0.39, 0.29) is 10.8 Å². The first kappa shape index (κ1) is 32.8. The largest absolute Gasteiger partial charge is 0.456 e. The van der Waals surface area contributed by atoms with Crippen LogP contribution in [0.1, 0.15) is 49.9 Å². The summed E-state index contributed by atoms with van der Waals surface area (Å²) in [7, 11) is 0. The van der Waals surface area contributed by atoms with Crippen molar-refractivity contribution in [1.29, 1.82) is 0 Å². The average molecular weight is 720 g/mol. The molecular weight excluding hydrogens is 679 g/mol. The lowest BCUT2D eigenvalue weighted by molar-refractivity contribution is 0.660. The van der Waals surface area contributed by atoms with E-state index in [2.05, 4.69) is 196 Å². The minimum absolute atomic E-state index is 0.128. The number of hydrogen-bond donors (Lipinski definition) is 0. The summed E-state index contributed by atoms with van der Waals surface area (Å²) in [6.07, 6.45) is 0. The van der Waals surface area contributed by atoms with Gasteiger partial charge in [0.15, 0.2) is 0 Å². The molecule has 1 aromatic heterocycles. The number of anilines is 3. The number of fused-ring (bicyclic) bond motifs is 9. The minimum atomic E-state index is -0.150. The smallest absolute Gasteiger partial charge is 0.135 e. The Hall–Kier alpha value is -6.64. The van der Waals surface area contributed by atoms with Crippen LogP contribution in [-0.2, 0) is 10.8 Å². The van der Waals surface area contributed by atoms with E-state index in [1.54, 1.807) is 0 Å². The molecule has 0 unspecified atom stereocenters. The first-order valence-corrected chi connectivity index (χ1v) is 19.7. The van der Waals surface area contributed by atoms with Crippen LogP contribution in [0.15, 0.2) is 180 Å². The Morgan fingerprint density at radius 1 is 0.357 bits per heavy atom. The van der Waals surface area contributed by atoms with Crippen molar-refractivity contribution >= 4 is 39.0 Å². The highest BCUT2D eigenvalue weighted by atomic mass is 16.3. The molecule has 56 heavy (non-hydrogen) atoms. The molecule has 11 rings (SSSR count). The summed E-state index contributed by atoms with van der Waals surface area (Å²) in [5, 5.41) is 2.28. The Labute approximate surface area is 328 Å². The van der Waals surface area contributed by atoms with E-state index in [0.717, 1.165) is 33.3 Å². The van der Waals surface area contributed by atoms with Crippen LogP contribution in [0, 0.1) is 0 Å². The summed E-state index contributed by atoms with van der Waals surface area (Å²) in [5.41, 5.74) is 20.5. The highest BCUT2D eigenvalue weighted by molar-refractivity contribution is 6.06. The second-order valence-corrected chi connectivity index (χ2v) is 16.5. The second-order valence-electron chi connectivity index (χ2n) is 16.5. The molecule has 0 aliphatic heterocycles. The Balaban J connectivity index is 1.13. The van der Waals surface area contributed by atoms with E-state index >= 15 is 0 Å². The SMILES string of the molecule is CC1(C)c2ccccc2-c2ccc(N(c3ccc(-c4ccc5oc6ccccc6c5c4)cc3)c3cc4c(cc3-c3ccccc3)-c3ccccc3C4(C)C)cc21. The molecule has 268 valence electrons. The summed E-state index contributed by atoms with van der Waals surface area (Å²) < 4.78 is 6.17. The molecule has 0 amide bonds. The minimum Gasteiger partial charge on any atom is -0.456 e. The predicted molar refractivity (Wildman–Crippen MR) is 234 cm³/mol. The van der Waals surface area contributed by atoms with Crippen LogP contribution in [0.4, 0.5) is 17.1 Å². The molecule has 8 aromatic carbocycles. The van der Waals surface area contributed by atoms with Crippen LogP contribution in [-0.4, -0.2) is 0 Å². The molecule has 2 aliphatic carbocycles. The lowest BCUT2D eigenvalue weighted by Gasteiger charge is -2.31. The number of rotatable bonds is 5. The van der Waals surface area contributed by atoms with Gasteiger partial charge in [0.25, 0.3) is 0 Å². The van der Waals surface area contributed by atoms with Crippen LogP contribution >= 0.6 is 0 Å². The van der Waals surface area contributed by atoms with Gasteiger partial charge in [-0.25, -0.2) is 0 Å². The highest BCUT2D eigenvalue weighted by Gasteiger charge is 2.38. The van der Waals surface area contributed by atoms with Gasteiger partial charge >= 0.3 is 0 Å². The van der Waals surface area contributed by atoms with Crippen LogP contribution in [0.5, 0.6) is 0 Å². The Morgan fingerprint density at radius 2 is 0.929 bits per heavy atom. The standard InChI is InChI=1S/C54H41NO/c1-53(2)46-19-11-8-16-39(46)41-28-27-38(31-48(41)53)55(37-25-22-34(23-26-37)36-24-29-52-45(30-36)42-18-10-13-21-51(42)56-52)50-33-49-44(32-43(50)35-14-6-5-7-15-35)40-17-9-12-20-47(40)54(49,3)4/h5-33H,1-4H3. The number of furan rings is 1. The van der Waals surface area contributed by atoms with E-state index in [1.165, 1.54) is 72.4 Å². The van der Waals surface area contributed by atoms with Gasteiger partial charge < -0.3 is 9.32 Å². The summed E-state index contributed by atoms with van der Waals surface area (Å²) >= 11 is 0. The van der Waals surface area contributed by atoms with Crippen molar-refractivity contribution in [2.24, 2.45) is 0 Å². The zero-order chi connectivity index (χ0) is 37.8. The Kier molecular flexibility index (Phi) is 6.98. The fourth-order valence-corrected chi connectivity index (χ4v) is 9.74. The summed E-state index contributed by atoms with van der Waals surface area (Å²) in [6.45, 7) is 9.48. The van der Waals surface area contributed by atoms with E-state index in [9.17, 15) is 0 Å². The van der Waals surface area contributed by atoms with Gasteiger partial charge in [-0.15, -0.1) is 0 Å². The van der Waals surface area contributed by atoms with Crippen molar-refractivity contribution in [3.05, 3.63) is 198 Å². The van der Waals surface area contributed by atoms with Gasteiger partial charge in [-0.2, -0.15) is 0 Å². The van der Waals surface area contributed by atoms with Gasteiger partial charge in [-0.3, -0.25) is 0 Å². The lowest BCUT2D eigenvalue weighted by atomic mass is 9.81. The van der Waals surface area contributed by atoms with Gasteiger partial charge in [0, 0.05) is 38.5 Å².